The molecule has 1 aliphatic rings. The molecule has 0 fully saturated rings. The minimum absolute atomic E-state index is 0.0835. The van der Waals surface area contributed by atoms with Crippen molar-refractivity contribution in [2.75, 3.05) is 6.61 Å². The summed E-state index contributed by atoms with van der Waals surface area (Å²) in [6.07, 6.45) is 3.76. The van der Waals surface area contributed by atoms with Gasteiger partial charge in [-0.2, -0.15) is 0 Å². The number of carbonyl (C=O) groups is 1. The number of hydrogen-bond acceptors (Lipinski definition) is 3. The maximum Gasteiger partial charge on any atom is 0.419 e. The van der Waals surface area contributed by atoms with Crippen molar-refractivity contribution in [1.82, 2.24) is 4.57 Å². The van der Waals surface area contributed by atoms with Gasteiger partial charge in [0, 0.05) is 23.3 Å². The number of benzene rings is 1. The van der Waals surface area contributed by atoms with E-state index in [-0.39, 0.29) is 12.2 Å². The zero-order valence-electron chi connectivity index (χ0n) is 15.1. The zero-order valence-corrected chi connectivity index (χ0v) is 15.1. The molecule has 1 aromatic heterocycles. The van der Waals surface area contributed by atoms with Crippen LogP contribution in [0, 0.1) is 0 Å². The number of aromatic nitrogens is 1. The van der Waals surface area contributed by atoms with E-state index >= 15 is 0 Å². The SMILES string of the molecule is CCCCOC1CCc2c1c1ccccc1n2C(=O)OC(C)(C)C. The highest BCUT2D eigenvalue weighted by Crippen LogP contribution is 2.41. The predicted molar refractivity (Wildman–Crippen MR) is 95.5 cm³/mol. The van der Waals surface area contributed by atoms with Crippen LogP contribution in [0.25, 0.3) is 10.9 Å². The summed E-state index contributed by atoms with van der Waals surface area (Å²) in [6.45, 7) is 8.62. The van der Waals surface area contributed by atoms with Crippen LogP contribution in [0.1, 0.15) is 64.3 Å². The van der Waals surface area contributed by atoms with Crippen molar-refractivity contribution in [3.8, 4) is 0 Å². The number of carbonyl (C=O) groups excluding carboxylic acids is 1. The Morgan fingerprint density at radius 1 is 1.29 bits per heavy atom. The van der Waals surface area contributed by atoms with Crippen LogP contribution in [0.3, 0.4) is 0 Å². The summed E-state index contributed by atoms with van der Waals surface area (Å²) in [6, 6.07) is 8.05. The molecule has 1 unspecified atom stereocenters. The van der Waals surface area contributed by atoms with E-state index in [9.17, 15) is 4.79 Å². The standard InChI is InChI=1S/C20H27NO3/c1-5-6-13-23-17-12-11-16-18(17)14-9-7-8-10-15(14)21(16)19(22)24-20(2,3)4/h7-10,17H,5-6,11-13H2,1-4H3. The number of unbranched alkanes of at least 4 members (excludes halogenated alkanes) is 1. The van der Waals surface area contributed by atoms with Crippen LogP contribution < -0.4 is 0 Å². The molecular formula is C20H27NO3. The Morgan fingerprint density at radius 3 is 2.75 bits per heavy atom. The molecule has 0 saturated carbocycles. The van der Waals surface area contributed by atoms with Crippen LogP contribution in [0.5, 0.6) is 0 Å². The van der Waals surface area contributed by atoms with E-state index in [1.807, 2.05) is 39.0 Å². The third-order valence-corrected chi connectivity index (χ3v) is 4.37. The van der Waals surface area contributed by atoms with Crippen molar-refractivity contribution >= 4 is 17.0 Å². The maximum atomic E-state index is 12.8. The van der Waals surface area contributed by atoms with Gasteiger partial charge in [-0.15, -0.1) is 0 Å². The minimum atomic E-state index is -0.509. The molecule has 2 aromatic rings. The van der Waals surface area contributed by atoms with E-state index in [2.05, 4.69) is 13.0 Å². The fourth-order valence-electron chi connectivity index (χ4n) is 3.39. The molecule has 130 valence electrons. The van der Waals surface area contributed by atoms with Crippen LogP contribution >= 0.6 is 0 Å². The van der Waals surface area contributed by atoms with Crippen LogP contribution in [-0.4, -0.2) is 22.9 Å². The predicted octanol–water partition coefficient (Wildman–Crippen LogP) is 5.23. The van der Waals surface area contributed by atoms with E-state index in [0.29, 0.717) is 0 Å². The zero-order chi connectivity index (χ0) is 17.3. The topological polar surface area (TPSA) is 40.5 Å². The molecule has 3 rings (SSSR count). The average Bonchev–Trinajstić information content (AvgIpc) is 3.04. The van der Waals surface area contributed by atoms with Crippen LogP contribution in [-0.2, 0) is 15.9 Å². The molecule has 0 amide bonds. The first kappa shape index (κ1) is 17.0. The molecule has 4 nitrogen and oxygen atoms in total. The summed E-state index contributed by atoms with van der Waals surface area (Å²) in [5.74, 6) is 0. The highest BCUT2D eigenvalue weighted by atomic mass is 16.6. The first-order valence-electron chi connectivity index (χ1n) is 8.89. The van der Waals surface area contributed by atoms with Crippen molar-refractivity contribution in [3.05, 3.63) is 35.5 Å². The quantitative estimate of drug-likeness (QED) is 0.721. The molecule has 1 aromatic carbocycles. The number of rotatable bonds is 4. The Morgan fingerprint density at radius 2 is 2.04 bits per heavy atom. The smallest absolute Gasteiger partial charge is 0.419 e. The Kier molecular flexibility index (Phi) is 4.68. The van der Waals surface area contributed by atoms with E-state index < -0.39 is 5.60 Å². The molecule has 0 bridgehead atoms. The molecule has 0 saturated heterocycles. The lowest BCUT2D eigenvalue weighted by Crippen LogP contribution is -2.27. The summed E-state index contributed by atoms with van der Waals surface area (Å²) in [5.41, 5.74) is 2.63. The fourth-order valence-corrected chi connectivity index (χ4v) is 3.39. The van der Waals surface area contributed by atoms with E-state index in [4.69, 9.17) is 9.47 Å². The Balaban J connectivity index is 2.01. The number of ether oxygens (including phenoxy) is 2. The third kappa shape index (κ3) is 3.20. The lowest BCUT2D eigenvalue weighted by molar-refractivity contribution is 0.0529. The van der Waals surface area contributed by atoms with Gasteiger partial charge in [0.15, 0.2) is 0 Å². The van der Waals surface area contributed by atoms with Gasteiger partial charge in [0.25, 0.3) is 0 Å². The van der Waals surface area contributed by atoms with Gasteiger partial charge in [-0.05, 0) is 46.1 Å². The van der Waals surface area contributed by atoms with E-state index in [1.165, 1.54) is 5.56 Å². The Bertz CT molecular complexity index is 739. The number of hydrogen-bond donors (Lipinski definition) is 0. The molecule has 1 heterocycles. The highest BCUT2D eigenvalue weighted by Gasteiger charge is 2.33. The summed E-state index contributed by atoms with van der Waals surface area (Å²) >= 11 is 0. The van der Waals surface area contributed by atoms with Gasteiger partial charge in [-0.3, -0.25) is 0 Å². The Hall–Kier alpha value is -1.81. The monoisotopic (exact) mass is 329 g/mol. The molecule has 1 aliphatic carbocycles. The van der Waals surface area contributed by atoms with Gasteiger partial charge in [0.2, 0.25) is 0 Å². The first-order valence-corrected chi connectivity index (χ1v) is 8.89. The van der Waals surface area contributed by atoms with Gasteiger partial charge >= 0.3 is 6.09 Å². The molecule has 1 atom stereocenters. The van der Waals surface area contributed by atoms with Gasteiger partial charge < -0.3 is 9.47 Å². The molecule has 0 aliphatic heterocycles. The Labute approximate surface area is 143 Å². The normalized spacial score (nSPS) is 17.2. The first-order chi connectivity index (χ1) is 11.4. The summed E-state index contributed by atoms with van der Waals surface area (Å²) < 4.78 is 13.5. The second kappa shape index (κ2) is 6.60. The molecule has 0 N–H and O–H groups in total. The van der Waals surface area contributed by atoms with Crippen molar-refractivity contribution < 1.29 is 14.3 Å². The minimum Gasteiger partial charge on any atom is -0.443 e. The van der Waals surface area contributed by atoms with E-state index in [0.717, 1.165) is 48.9 Å². The third-order valence-electron chi connectivity index (χ3n) is 4.37. The van der Waals surface area contributed by atoms with Crippen LogP contribution in [0.15, 0.2) is 24.3 Å². The molecule has 24 heavy (non-hydrogen) atoms. The number of para-hydroxylation sites is 1. The van der Waals surface area contributed by atoms with E-state index in [1.54, 1.807) is 4.57 Å². The lowest BCUT2D eigenvalue weighted by atomic mass is 10.1. The fraction of sp³-hybridized carbons (Fsp3) is 0.550. The summed E-state index contributed by atoms with van der Waals surface area (Å²) in [5, 5.41) is 1.11. The molecule has 0 radical (unpaired) electrons. The van der Waals surface area contributed by atoms with Crippen LogP contribution in [0.2, 0.25) is 0 Å². The van der Waals surface area contributed by atoms with Crippen molar-refractivity contribution in [3.63, 3.8) is 0 Å². The van der Waals surface area contributed by atoms with Crippen molar-refractivity contribution in [1.29, 1.82) is 0 Å². The van der Waals surface area contributed by atoms with Gasteiger partial charge in [-0.25, -0.2) is 9.36 Å². The lowest BCUT2D eigenvalue weighted by Gasteiger charge is -2.20. The van der Waals surface area contributed by atoms with Gasteiger partial charge in [-0.1, -0.05) is 31.5 Å². The maximum absolute atomic E-state index is 12.8. The summed E-state index contributed by atoms with van der Waals surface area (Å²) in [7, 11) is 0. The second-order valence-corrected chi connectivity index (χ2v) is 7.44. The molecular weight excluding hydrogens is 302 g/mol. The molecule has 0 spiro atoms. The average molecular weight is 329 g/mol. The number of fused-ring (bicyclic) bond motifs is 3. The van der Waals surface area contributed by atoms with Crippen LogP contribution in [0.4, 0.5) is 4.79 Å². The van der Waals surface area contributed by atoms with Crippen molar-refractivity contribution in [2.24, 2.45) is 0 Å². The van der Waals surface area contributed by atoms with Gasteiger partial charge in [0.05, 0.1) is 11.6 Å². The second-order valence-electron chi connectivity index (χ2n) is 7.44. The number of nitrogens with zero attached hydrogens (tertiary/aromatic N) is 1. The molecule has 4 heteroatoms. The highest BCUT2D eigenvalue weighted by molar-refractivity contribution is 5.94. The van der Waals surface area contributed by atoms with Crippen molar-refractivity contribution in [2.45, 2.75) is 65.1 Å². The largest absolute Gasteiger partial charge is 0.443 e. The summed E-state index contributed by atoms with van der Waals surface area (Å²) in [4.78, 5) is 12.8. The van der Waals surface area contributed by atoms with Gasteiger partial charge in [0.1, 0.15) is 5.60 Å².